The highest BCUT2D eigenvalue weighted by molar-refractivity contribution is 5.92. The van der Waals surface area contributed by atoms with Crippen LogP contribution in [0.25, 0.3) is 0 Å². The van der Waals surface area contributed by atoms with E-state index in [4.69, 9.17) is 0 Å². The summed E-state index contributed by atoms with van der Waals surface area (Å²) in [4.78, 5) is 17.1. The number of anilines is 1. The van der Waals surface area contributed by atoms with Crippen LogP contribution < -0.4 is 17.7 Å². The summed E-state index contributed by atoms with van der Waals surface area (Å²) in [6.07, 6.45) is 3.55. The molecule has 27 heavy (non-hydrogen) atoms. The molecule has 0 aromatic heterocycles. The summed E-state index contributed by atoms with van der Waals surface area (Å²) in [6, 6.07) is 17.0. The number of nitrogens with zero attached hydrogens (tertiary/aromatic N) is 2. The Morgan fingerprint density at radius 3 is 2.37 bits per heavy atom. The van der Waals surface area contributed by atoms with Gasteiger partial charge < -0.3 is 17.7 Å². The molecule has 4 rings (SSSR count). The van der Waals surface area contributed by atoms with E-state index in [-0.39, 0.29) is 18.3 Å². The van der Waals surface area contributed by atoms with Crippen LogP contribution in [-0.4, -0.2) is 48.4 Å². The van der Waals surface area contributed by atoms with Crippen LogP contribution in [0.1, 0.15) is 23.1 Å². The summed E-state index contributed by atoms with van der Waals surface area (Å²) in [6.45, 7) is 5.41. The van der Waals surface area contributed by atoms with Crippen LogP contribution >= 0.6 is 0 Å². The third-order valence-electron chi connectivity index (χ3n) is 5.46. The zero-order valence-corrected chi connectivity index (χ0v) is 16.4. The van der Waals surface area contributed by atoms with Gasteiger partial charge in [0, 0.05) is 38.4 Å². The zero-order chi connectivity index (χ0) is 17.8. The molecule has 0 radical (unpaired) electrons. The molecule has 1 aliphatic heterocycles. The van der Waals surface area contributed by atoms with E-state index in [9.17, 15) is 4.79 Å². The minimum absolute atomic E-state index is 0. The molecule has 0 saturated carbocycles. The number of carbonyl (C=O) groups excluding carboxylic acids is 1. The van der Waals surface area contributed by atoms with Crippen molar-refractivity contribution in [2.24, 2.45) is 0 Å². The number of piperazine rings is 1. The van der Waals surface area contributed by atoms with Crippen molar-refractivity contribution < 1.29 is 17.2 Å². The standard InChI is InChI=1S/C22H27N3O.ClH/c26-22(23-21-10-9-19-7-4-8-20(19)15-21)17-25-13-11-24(12-14-25)16-18-5-2-1-3-6-18;/h1-3,5-6,9-10,15H,4,7-8,11-14,16-17H2,(H,23,26);1H/p-1. The van der Waals surface area contributed by atoms with Gasteiger partial charge in [0.05, 0.1) is 6.54 Å². The first kappa shape index (κ1) is 19.9. The van der Waals surface area contributed by atoms with Gasteiger partial charge in [-0.05, 0) is 48.1 Å². The average Bonchev–Trinajstić information content (AvgIpc) is 3.12. The number of fused-ring (bicyclic) bond motifs is 1. The van der Waals surface area contributed by atoms with Crippen molar-refractivity contribution in [1.82, 2.24) is 9.80 Å². The van der Waals surface area contributed by atoms with Crippen molar-refractivity contribution >= 4 is 11.6 Å². The van der Waals surface area contributed by atoms with Crippen LogP contribution in [0, 0.1) is 0 Å². The van der Waals surface area contributed by atoms with Gasteiger partial charge >= 0.3 is 0 Å². The molecule has 2 aromatic rings. The van der Waals surface area contributed by atoms with E-state index in [1.807, 2.05) is 6.07 Å². The van der Waals surface area contributed by atoms with Crippen LogP contribution in [0.15, 0.2) is 48.5 Å². The Kier molecular flexibility index (Phi) is 6.89. The number of rotatable bonds is 5. The SMILES string of the molecule is O=C(CN1CCN(Cc2ccccc2)CC1)Nc1ccc2c(c1)CCC2.[Cl-]. The van der Waals surface area contributed by atoms with Gasteiger partial charge in [0.1, 0.15) is 0 Å². The molecule has 1 amide bonds. The van der Waals surface area contributed by atoms with Crippen LogP contribution in [0.4, 0.5) is 5.69 Å². The van der Waals surface area contributed by atoms with Gasteiger partial charge in [-0.2, -0.15) is 0 Å². The van der Waals surface area contributed by atoms with Crippen molar-refractivity contribution in [2.45, 2.75) is 25.8 Å². The van der Waals surface area contributed by atoms with Gasteiger partial charge in [0.2, 0.25) is 5.91 Å². The van der Waals surface area contributed by atoms with E-state index >= 15 is 0 Å². The van der Waals surface area contributed by atoms with E-state index in [0.29, 0.717) is 6.54 Å². The van der Waals surface area contributed by atoms with Crippen molar-refractivity contribution in [2.75, 3.05) is 38.0 Å². The number of hydrogen-bond donors (Lipinski definition) is 1. The molecule has 0 spiro atoms. The second kappa shape index (κ2) is 9.36. The lowest BCUT2D eigenvalue weighted by molar-refractivity contribution is -0.117. The lowest BCUT2D eigenvalue weighted by atomic mass is 10.1. The highest BCUT2D eigenvalue weighted by Gasteiger charge is 2.19. The van der Waals surface area contributed by atoms with Gasteiger partial charge in [0.25, 0.3) is 0 Å². The topological polar surface area (TPSA) is 35.6 Å². The van der Waals surface area contributed by atoms with E-state index in [1.54, 1.807) is 0 Å². The van der Waals surface area contributed by atoms with Crippen molar-refractivity contribution in [3.05, 3.63) is 65.2 Å². The maximum atomic E-state index is 12.4. The Morgan fingerprint density at radius 2 is 1.59 bits per heavy atom. The molecule has 1 fully saturated rings. The summed E-state index contributed by atoms with van der Waals surface area (Å²) in [5.41, 5.74) is 5.14. The highest BCUT2D eigenvalue weighted by Crippen LogP contribution is 2.24. The first-order valence-electron chi connectivity index (χ1n) is 9.66. The third kappa shape index (κ3) is 5.32. The molecule has 1 aliphatic carbocycles. The Morgan fingerprint density at radius 1 is 0.889 bits per heavy atom. The maximum absolute atomic E-state index is 12.4. The second-order valence-electron chi connectivity index (χ2n) is 7.42. The fourth-order valence-corrected chi connectivity index (χ4v) is 4.00. The summed E-state index contributed by atoms with van der Waals surface area (Å²) in [5.74, 6) is 0.0967. The normalized spacial score (nSPS) is 17.2. The fraction of sp³-hybridized carbons (Fsp3) is 0.409. The molecule has 1 saturated heterocycles. The predicted octanol–water partition coefficient (Wildman–Crippen LogP) is -0.0644. The molecule has 0 bridgehead atoms. The molecule has 2 aliphatic rings. The summed E-state index contributed by atoms with van der Waals surface area (Å²) in [5, 5.41) is 3.08. The lowest BCUT2D eigenvalue weighted by Gasteiger charge is -2.34. The van der Waals surface area contributed by atoms with E-state index in [0.717, 1.165) is 44.8 Å². The molecule has 144 valence electrons. The molecular formula is C22H27ClN3O-. The van der Waals surface area contributed by atoms with Crippen molar-refractivity contribution in [3.8, 4) is 0 Å². The molecular weight excluding hydrogens is 358 g/mol. The summed E-state index contributed by atoms with van der Waals surface area (Å²) >= 11 is 0. The zero-order valence-electron chi connectivity index (χ0n) is 15.7. The van der Waals surface area contributed by atoms with E-state index in [2.05, 4.69) is 57.6 Å². The van der Waals surface area contributed by atoms with Gasteiger partial charge in [-0.1, -0.05) is 36.4 Å². The first-order chi connectivity index (χ1) is 12.8. The van der Waals surface area contributed by atoms with E-state index < -0.39 is 0 Å². The largest absolute Gasteiger partial charge is 1.00 e. The summed E-state index contributed by atoms with van der Waals surface area (Å²) < 4.78 is 0. The number of benzene rings is 2. The van der Waals surface area contributed by atoms with Crippen molar-refractivity contribution in [1.29, 1.82) is 0 Å². The number of aryl methyl sites for hydroxylation is 2. The van der Waals surface area contributed by atoms with Gasteiger partial charge in [-0.15, -0.1) is 0 Å². The minimum Gasteiger partial charge on any atom is -1.00 e. The van der Waals surface area contributed by atoms with Crippen molar-refractivity contribution in [3.63, 3.8) is 0 Å². The summed E-state index contributed by atoms with van der Waals surface area (Å²) in [7, 11) is 0. The smallest absolute Gasteiger partial charge is 0.238 e. The second-order valence-corrected chi connectivity index (χ2v) is 7.42. The van der Waals surface area contributed by atoms with Gasteiger partial charge in [-0.3, -0.25) is 14.6 Å². The number of hydrogen-bond acceptors (Lipinski definition) is 3. The third-order valence-corrected chi connectivity index (χ3v) is 5.46. The Hall–Kier alpha value is -1.88. The molecule has 0 unspecified atom stereocenters. The van der Waals surface area contributed by atoms with Gasteiger partial charge in [0.15, 0.2) is 0 Å². The van der Waals surface area contributed by atoms with E-state index in [1.165, 1.54) is 29.5 Å². The molecule has 4 nitrogen and oxygen atoms in total. The van der Waals surface area contributed by atoms with Crippen LogP contribution in [0.5, 0.6) is 0 Å². The number of carbonyl (C=O) groups is 1. The van der Waals surface area contributed by atoms with Gasteiger partial charge in [-0.25, -0.2) is 0 Å². The minimum atomic E-state index is 0. The maximum Gasteiger partial charge on any atom is 0.238 e. The molecule has 0 atom stereocenters. The predicted molar refractivity (Wildman–Crippen MR) is 105 cm³/mol. The quantitative estimate of drug-likeness (QED) is 0.784. The Bertz CT molecular complexity index is 757. The highest BCUT2D eigenvalue weighted by atomic mass is 35.5. The molecule has 2 aromatic carbocycles. The fourth-order valence-electron chi connectivity index (χ4n) is 4.00. The number of halogens is 1. The first-order valence-corrected chi connectivity index (χ1v) is 9.66. The Balaban J connectivity index is 0.00000210. The molecule has 5 heteroatoms. The molecule has 1 heterocycles. The van der Waals surface area contributed by atoms with Crippen LogP contribution in [0.2, 0.25) is 0 Å². The monoisotopic (exact) mass is 384 g/mol. The average molecular weight is 385 g/mol. The van der Waals surface area contributed by atoms with Crippen LogP contribution in [0.3, 0.4) is 0 Å². The number of nitrogens with one attached hydrogen (secondary N) is 1. The lowest BCUT2D eigenvalue weighted by Crippen LogP contribution is -3.00. The number of amides is 1. The Labute approximate surface area is 168 Å². The molecule has 1 N–H and O–H groups in total. The van der Waals surface area contributed by atoms with Crippen LogP contribution in [-0.2, 0) is 24.2 Å².